The summed E-state index contributed by atoms with van der Waals surface area (Å²) >= 11 is 5.65. The topological polar surface area (TPSA) is 25.8 Å². The third-order valence-electron chi connectivity index (χ3n) is 2.33. The van der Waals surface area contributed by atoms with Gasteiger partial charge < -0.3 is 0 Å². The predicted octanol–water partition coefficient (Wildman–Crippen LogP) is 4.13. The van der Waals surface area contributed by atoms with Crippen LogP contribution < -0.4 is 0 Å². The van der Waals surface area contributed by atoms with E-state index >= 15 is 0 Å². The van der Waals surface area contributed by atoms with Crippen molar-refractivity contribution < 1.29 is 0 Å². The lowest BCUT2D eigenvalue weighted by atomic mass is 10.1. The normalized spacial score (nSPS) is 10.5. The zero-order valence-electron chi connectivity index (χ0n) is 8.96. The molecule has 0 atom stereocenters. The largest absolute Gasteiger partial charge is 0.255 e. The van der Waals surface area contributed by atoms with Gasteiger partial charge in [0.25, 0.3) is 0 Å². The number of pyridine rings is 2. The molecule has 0 saturated heterocycles. The van der Waals surface area contributed by atoms with E-state index in [0.29, 0.717) is 0 Å². The van der Waals surface area contributed by atoms with E-state index < -0.39 is 0 Å². The van der Waals surface area contributed by atoms with Crippen LogP contribution in [0.2, 0.25) is 0 Å². The van der Waals surface area contributed by atoms with Crippen LogP contribution in [0.25, 0.3) is 11.3 Å². The van der Waals surface area contributed by atoms with Gasteiger partial charge >= 0.3 is 0 Å². The average molecular weight is 389 g/mol. The molecule has 0 aliphatic heterocycles. The molecule has 0 radical (unpaired) electrons. The first-order valence-corrected chi connectivity index (χ1v) is 6.70. The molecule has 0 spiro atoms. The fraction of sp³-hybridized carbons (Fsp3) is 0.167. The first kappa shape index (κ1) is 12.0. The number of halogens is 2. The maximum atomic E-state index is 4.43. The Morgan fingerprint density at radius 3 is 2.44 bits per heavy atom. The molecular weight excluding hydrogens is 379 g/mol. The summed E-state index contributed by atoms with van der Waals surface area (Å²) in [4.78, 5) is 8.78. The number of rotatable bonds is 1. The van der Waals surface area contributed by atoms with Crippen LogP contribution in [0, 0.1) is 17.5 Å². The van der Waals surface area contributed by atoms with Crippen molar-refractivity contribution in [1.82, 2.24) is 9.97 Å². The summed E-state index contributed by atoms with van der Waals surface area (Å²) in [5.41, 5.74) is 4.40. The molecule has 2 aromatic heterocycles. The van der Waals surface area contributed by atoms with Crippen LogP contribution in [0.15, 0.2) is 29.0 Å². The highest BCUT2D eigenvalue weighted by atomic mass is 127. The second-order valence-electron chi connectivity index (χ2n) is 3.65. The van der Waals surface area contributed by atoms with E-state index in [1.54, 1.807) is 0 Å². The number of aromatic nitrogens is 2. The Balaban J connectivity index is 2.54. The lowest BCUT2D eigenvalue weighted by molar-refractivity contribution is 1.18. The minimum absolute atomic E-state index is 0.996. The highest BCUT2D eigenvalue weighted by Crippen LogP contribution is 2.24. The van der Waals surface area contributed by atoms with Crippen LogP contribution in [0.5, 0.6) is 0 Å². The third-order valence-corrected chi connectivity index (χ3v) is 3.90. The molecular formula is C12H10BrIN2. The molecule has 2 rings (SSSR count). The van der Waals surface area contributed by atoms with Crippen LogP contribution in [0.1, 0.15) is 11.1 Å². The summed E-state index contributed by atoms with van der Waals surface area (Å²) in [5, 5.41) is 0. The molecule has 0 fully saturated rings. The van der Waals surface area contributed by atoms with Gasteiger partial charge in [-0.1, -0.05) is 0 Å². The van der Waals surface area contributed by atoms with Gasteiger partial charge in [0.1, 0.15) is 3.70 Å². The molecule has 2 heterocycles. The number of nitrogens with zero attached hydrogens (tertiary/aromatic N) is 2. The molecule has 0 unspecified atom stereocenters. The van der Waals surface area contributed by atoms with Crippen molar-refractivity contribution >= 4 is 38.5 Å². The highest BCUT2D eigenvalue weighted by Gasteiger charge is 2.06. The van der Waals surface area contributed by atoms with Crippen molar-refractivity contribution in [3.8, 4) is 11.3 Å². The zero-order valence-corrected chi connectivity index (χ0v) is 12.7. The van der Waals surface area contributed by atoms with Crippen LogP contribution >= 0.6 is 38.5 Å². The van der Waals surface area contributed by atoms with E-state index in [1.165, 1.54) is 5.56 Å². The summed E-state index contributed by atoms with van der Waals surface area (Å²) < 4.78 is 2.04. The van der Waals surface area contributed by atoms with E-state index in [2.05, 4.69) is 74.5 Å². The maximum absolute atomic E-state index is 4.43. The van der Waals surface area contributed by atoms with Crippen molar-refractivity contribution in [2.45, 2.75) is 13.8 Å². The number of hydrogen-bond donors (Lipinski definition) is 0. The Hall–Kier alpha value is -0.490. The summed E-state index contributed by atoms with van der Waals surface area (Å²) in [6.45, 7) is 4.12. The van der Waals surface area contributed by atoms with Gasteiger partial charge in [0.2, 0.25) is 0 Å². The van der Waals surface area contributed by atoms with Crippen LogP contribution in [0.3, 0.4) is 0 Å². The Bertz CT molecular complexity index is 541. The van der Waals surface area contributed by atoms with E-state index in [9.17, 15) is 0 Å². The molecule has 0 amide bonds. The summed E-state index contributed by atoms with van der Waals surface area (Å²) in [6, 6.07) is 4.19. The molecule has 2 aromatic rings. The van der Waals surface area contributed by atoms with Crippen molar-refractivity contribution in [2.75, 3.05) is 0 Å². The second kappa shape index (κ2) is 4.79. The molecule has 0 saturated carbocycles. The smallest absolute Gasteiger partial charge is 0.104 e. The monoisotopic (exact) mass is 388 g/mol. The molecule has 0 aliphatic rings. The van der Waals surface area contributed by atoms with Crippen LogP contribution in [-0.2, 0) is 0 Å². The minimum atomic E-state index is 0.996. The molecule has 4 heteroatoms. The van der Waals surface area contributed by atoms with Crippen LogP contribution in [0.4, 0.5) is 0 Å². The van der Waals surface area contributed by atoms with Crippen molar-refractivity contribution in [1.29, 1.82) is 0 Å². The standard InChI is InChI=1S/C12H10BrIN2/c1-7-4-10(13)6-15-11(7)9-3-8(2)12(14)16-5-9/h3-6H,1-2H3. The average Bonchev–Trinajstić information content (AvgIpc) is 2.22. The van der Waals surface area contributed by atoms with Gasteiger partial charge in [-0.15, -0.1) is 0 Å². The van der Waals surface area contributed by atoms with Gasteiger partial charge in [-0.2, -0.15) is 0 Å². The fourth-order valence-electron chi connectivity index (χ4n) is 1.53. The third kappa shape index (κ3) is 2.43. The van der Waals surface area contributed by atoms with E-state index in [4.69, 9.17) is 0 Å². The second-order valence-corrected chi connectivity index (χ2v) is 5.59. The van der Waals surface area contributed by atoms with Gasteiger partial charge in [0.05, 0.1) is 5.69 Å². The molecule has 0 N–H and O–H groups in total. The molecule has 0 bridgehead atoms. The SMILES string of the molecule is Cc1cc(-c2ncc(Br)cc2C)cnc1I. The highest BCUT2D eigenvalue weighted by molar-refractivity contribution is 14.1. The van der Waals surface area contributed by atoms with Crippen molar-refractivity contribution in [2.24, 2.45) is 0 Å². The van der Waals surface area contributed by atoms with E-state index in [1.807, 2.05) is 12.4 Å². The molecule has 0 aromatic carbocycles. The Kier molecular flexibility index (Phi) is 3.59. The first-order chi connectivity index (χ1) is 7.58. The van der Waals surface area contributed by atoms with Gasteiger partial charge in [-0.25, -0.2) is 4.98 Å². The lowest BCUT2D eigenvalue weighted by Crippen LogP contribution is -1.92. The fourth-order valence-corrected chi connectivity index (χ4v) is 2.27. The minimum Gasteiger partial charge on any atom is -0.255 e. The van der Waals surface area contributed by atoms with E-state index in [0.717, 1.165) is 25.0 Å². The molecule has 82 valence electrons. The van der Waals surface area contributed by atoms with E-state index in [-0.39, 0.29) is 0 Å². The number of hydrogen-bond acceptors (Lipinski definition) is 2. The first-order valence-electron chi connectivity index (χ1n) is 4.82. The molecule has 2 nitrogen and oxygen atoms in total. The van der Waals surface area contributed by atoms with Gasteiger partial charge in [-0.05, 0) is 75.6 Å². The lowest BCUT2D eigenvalue weighted by Gasteiger charge is -2.06. The van der Waals surface area contributed by atoms with Crippen LogP contribution in [-0.4, -0.2) is 9.97 Å². The van der Waals surface area contributed by atoms with Gasteiger partial charge in [-0.3, -0.25) is 4.98 Å². The van der Waals surface area contributed by atoms with Gasteiger partial charge in [0, 0.05) is 22.4 Å². The van der Waals surface area contributed by atoms with Gasteiger partial charge in [0.15, 0.2) is 0 Å². The quantitative estimate of drug-likeness (QED) is 0.542. The summed E-state index contributed by atoms with van der Waals surface area (Å²) in [7, 11) is 0. The predicted molar refractivity (Wildman–Crippen MR) is 77.4 cm³/mol. The molecule has 0 aliphatic carbocycles. The Morgan fingerprint density at radius 1 is 1.06 bits per heavy atom. The number of aryl methyl sites for hydroxylation is 2. The molecule has 16 heavy (non-hydrogen) atoms. The summed E-state index contributed by atoms with van der Waals surface area (Å²) in [5.74, 6) is 0. The Labute approximate surface area is 117 Å². The maximum Gasteiger partial charge on any atom is 0.104 e. The zero-order chi connectivity index (χ0) is 11.7. The summed E-state index contributed by atoms with van der Waals surface area (Å²) in [6.07, 6.45) is 3.69. The van der Waals surface area contributed by atoms with Crippen molar-refractivity contribution in [3.63, 3.8) is 0 Å². The van der Waals surface area contributed by atoms with Crippen molar-refractivity contribution in [3.05, 3.63) is 43.8 Å². The Morgan fingerprint density at radius 2 is 1.81 bits per heavy atom.